The fourth-order valence-electron chi connectivity index (χ4n) is 7.39. The highest BCUT2D eigenvalue weighted by Crippen LogP contribution is 2.60. The van der Waals surface area contributed by atoms with Gasteiger partial charge >= 0.3 is 6.03 Å². The van der Waals surface area contributed by atoms with Gasteiger partial charge in [-0.2, -0.15) is 0 Å². The molecule has 2 amide bonds. The molecule has 1 saturated carbocycles. The maximum atomic E-state index is 12.8. The molecule has 0 aromatic heterocycles. The van der Waals surface area contributed by atoms with Gasteiger partial charge in [-0.15, -0.1) is 0 Å². The van der Waals surface area contributed by atoms with Crippen molar-refractivity contribution < 1.29 is 24.0 Å². The van der Waals surface area contributed by atoms with Crippen LogP contribution in [0.5, 0.6) is 0 Å². The molecule has 8 nitrogen and oxygen atoms in total. The van der Waals surface area contributed by atoms with Gasteiger partial charge in [0.15, 0.2) is 11.9 Å². The normalized spacial score (nSPS) is 46.4. The Hall–Kier alpha value is -1.45. The van der Waals surface area contributed by atoms with Crippen molar-refractivity contribution in [1.82, 2.24) is 15.1 Å². The minimum atomic E-state index is -0.748. The molecule has 188 valence electrons. The number of nitrogens with one attached hydrogen (secondary N) is 1. The van der Waals surface area contributed by atoms with E-state index in [0.717, 1.165) is 50.9 Å². The van der Waals surface area contributed by atoms with Crippen LogP contribution in [-0.2, 0) is 19.2 Å². The Labute approximate surface area is 202 Å². The zero-order chi connectivity index (χ0) is 23.5. The first-order valence-electron chi connectivity index (χ1n) is 13.3. The monoisotopic (exact) mass is 473 g/mol. The van der Waals surface area contributed by atoms with E-state index in [1.165, 1.54) is 6.42 Å². The highest BCUT2D eigenvalue weighted by Gasteiger charge is 2.69. The van der Waals surface area contributed by atoms with E-state index in [4.69, 9.17) is 19.2 Å². The standard InChI is InChI=1S/C26H39N3O5/c1-17-9-10-21-18(2)22(31-23-26(21)20(17)11-12-25(3,32-23)33-34-26)28-13-15-29(16-14-28)24(30)27-19-7-5-4-6-8-19/h5,7-8,17-18,20-23H,4,6,9-16H2,1-3H3,(H,27,30)/t17-,18-,20+,21+,22-,23-,25-,26-/m1/s1. The van der Waals surface area contributed by atoms with Crippen molar-refractivity contribution in [2.75, 3.05) is 26.2 Å². The van der Waals surface area contributed by atoms with E-state index in [0.29, 0.717) is 36.8 Å². The fraction of sp³-hybridized carbons (Fsp3) is 0.808. The van der Waals surface area contributed by atoms with Gasteiger partial charge in [0.05, 0.1) is 0 Å². The van der Waals surface area contributed by atoms with Crippen LogP contribution in [0.3, 0.4) is 0 Å². The molecule has 0 radical (unpaired) electrons. The molecule has 0 unspecified atom stereocenters. The van der Waals surface area contributed by atoms with E-state index in [-0.39, 0.29) is 12.3 Å². The second-order valence-electron chi connectivity index (χ2n) is 11.4. The Kier molecular flexibility index (Phi) is 5.81. The third-order valence-electron chi connectivity index (χ3n) is 9.33. The molecule has 1 N–H and O–H groups in total. The molecule has 2 aliphatic carbocycles. The van der Waals surface area contributed by atoms with Gasteiger partial charge in [0.2, 0.25) is 5.79 Å². The van der Waals surface area contributed by atoms with Crippen LogP contribution in [-0.4, -0.2) is 65.9 Å². The Bertz CT molecular complexity index is 870. The van der Waals surface area contributed by atoms with E-state index in [9.17, 15) is 4.79 Å². The maximum absolute atomic E-state index is 12.8. The van der Waals surface area contributed by atoms with Crippen molar-refractivity contribution in [3.63, 3.8) is 0 Å². The highest BCUT2D eigenvalue weighted by atomic mass is 17.3. The van der Waals surface area contributed by atoms with Gasteiger partial charge in [-0.25, -0.2) is 14.6 Å². The molecular weight excluding hydrogens is 434 g/mol. The van der Waals surface area contributed by atoms with Crippen LogP contribution >= 0.6 is 0 Å². The molecule has 0 aromatic carbocycles. The summed E-state index contributed by atoms with van der Waals surface area (Å²) in [5.41, 5.74) is 0.387. The first-order chi connectivity index (χ1) is 16.4. The summed E-state index contributed by atoms with van der Waals surface area (Å²) in [5, 5.41) is 3.05. The third-order valence-corrected chi connectivity index (χ3v) is 9.33. The van der Waals surface area contributed by atoms with E-state index in [1.807, 2.05) is 17.9 Å². The first-order valence-corrected chi connectivity index (χ1v) is 13.3. The van der Waals surface area contributed by atoms with Crippen LogP contribution in [0, 0.1) is 23.7 Å². The minimum Gasteiger partial charge on any atom is -0.331 e. The second-order valence-corrected chi connectivity index (χ2v) is 11.4. The lowest BCUT2D eigenvalue weighted by molar-refractivity contribution is -0.574. The number of hydrogen-bond acceptors (Lipinski definition) is 6. The molecule has 1 spiro atoms. The Morgan fingerprint density at radius 2 is 1.88 bits per heavy atom. The second kappa shape index (κ2) is 8.59. The predicted molar refractivity (Wildman–Crippen MR) is 125 cm³/mol. The topological polar surface area (TPSA) is 72.5 Å². The zero-order valence-corrected chi connectivity index (χ0v) is 20.7. The van der Waals surface area contributed by atoms with Gasteiger partial charge in [0.25, 0.3) is 0 Å². The minimum absolute atomic E-state index is 0.0130. The van der Waals surface area contributed by atoms with E-state index < -0.39 is 17.7 Å². The Balaban J connectivity index is 1.16. The van der Waals surface area contributed by atoms with E-state index in [2.05, 4.69) is 36.2 Å². The SMILES string of the molecule is C[C@H]1[C@H](N2CCN(C(=O)NC3=CCCC=C3)CC2)O[C@@H]2O[C@@]3(C)CC[C@H]4[C@H](C)CC[C@@H]1[C@@]24OO3. The zero-order valence-electron chi connectivity index (χ0n) is 20.7. The number of rotatable bonds is 2. The number of hydrogen-bond donors (Lipinski definition) is 1. The van der Waals surface area contributed by atoms with Crippen LogP contribution in [0.15, 0.2) is 23.9 Å². The molecule has 5 heterocycles. The predicted octanol–water partition coefficient (Wildman–Crippen LogP) is 3.76. The quantitative estimate of drug-likeness (QED) is 0.616. The number of allylic oxidation sites excluding steroid dienone is 3. The lowest BCUT2D eigenvalue weighted by Gasteiger charge is -2.61. The van der Waals surface area contributed by atoms with Crippen molar-refractivity contribution >= 4 is 6.03 Å². The summed E-state index contributed by atoms with van der Waals surface area (Å²) in [6, 6.07) is -0.0130. The summed E-state index contributed by atoms with van der Waals surface area (Å²) in [7, 11) is 0. The Morgan fingerprint density at radius 3 is 2.65 bits per heavy atom. The van der Waals surface area contributed by atoms with Crippen molar-refractivity contribution in [3.8, 4) is 0 Å². The Morgan fingerprint density at radius 1 is 1.06 bits per heavy atom. The van der Waals surface area contributed by atoms with Crippen molar-refractivity contribution in [3.05, 3.63) is 23.9 Å². The lowest BCUT2D eigenvalue weighted by atomic mass is 9.58. The first kappa shape index (κ1) is 23.0. The number of ether oxygens (including phenoxy) is 2. The summed E-state index contributed by atoms with van der Waals surface area (Å²) in [6.07, 6.45) is 11.9. The largest absolute Gasteiger partial charge is 0.331 e. The summed E-state index contributed by atoms with van der Waals surface area (Å²) in [6.45, 7) is 9.58. The molecule has 0 aromatic rings. The third kappa shape index (κ3) is 3.64. The number of fused-ring (bicyclic) bond motifs is 2. The van der Waals surface area contributed by atoms with Gasteiger partial charge in [0, 0.05) is 50.1 Å². The van der Waals surface area contributed by atoms with Crippen molar-refractivity contribution in [2.45, 2.75) is 83.2 Å². The van der Waals surface area contributed by atoms with Gasteiger partial charge in [0.1, 0.15) is 6.23 Å². The van der Waals surface area contributed by atoms with Crippen molar-refractivity contribution in [2.24, 2.45) is 23.7 Å². The van der Waals surface area contributed by atoms with Crippen LogP contribution in [0.25, 0.3) is 0 Å². The highest BCUT2D eigenvalue weighted by molar-refractivity contribution is 5.76. The lowest BCUT2D eigenvalue weighted by Crippen LogP contribution is -2.72. The molecule has 2 bridgehead atoms. The molecule has 7 aliphatic rings. The van der Waals surface area contributed by atoms with Gasteiger partial charge in [-0.3, -0.25) is 4.90 Å². The van der Waals surface area contributed by atoms with Crippen LogP contribution < -0.4 is 5.32 Å². The van der Waals surface area contributed by atoms with Crippen LogP contribution in [0.1, 0.15) is 59.3 Å². The van der Waals surface area contributed by atoms with Gasteiger partial charge in [-0.05, 0) is 56.9 Å². The number of piperazine rings is 1. The number of carbonyl (C=O) groups is 1. The number of amides is 2. The molecule has 5 aliphatic heterocycles. The molecule has 7 rings (SSSR count). The smallest absolute Gasteiger partial charge is 0.321 e. The molecule has 8 atom stereocenters. The van der Waals surface area contributed by atoms with Crippen LogP contribution in [0.2, 0.25) is 0 Å². The maximum Gasteiger partial charge on any atom is 0.321 e. The molecular formula is C26H39N3O5. The molecule has 5 saturated heterocycles. The van der Waals surface area contributed by atoms with E-state index in [1.54, 1.807) is 0 Å². The molecule has 8 heteroatoms. The van der Waals surface area contributed by atoms with E-state index >= 15 is 0 Å². The summed E-state index contributed by atoms with van der Waals surface area (Å²) < 4.78 is 13.3. The fourth-order valence-corrected chi connectivity index (χ4v) is 7.39. The summed E-state index contributed by atoms with van der Waals surface area (Å²) in [5.74, 6) is 0.815. The van der Waals surface area contributed by atoms with Crippen molar-refractivity contribution in [1.29, 1.82) is 0 Å². The average molecular weight is 474 g/mol. The summed E-state index contributed by atoms with van der Waals surface area (Å²) >= 11 is 0. The number of urea groups is 1. The number of carbonyl (C=O) groups excluding carboxylic acids is 1. The van der Waals surface area contributed by atoms with Crippen LogP contribution in [0.4, 0.5) is 4.79 Å². The van der Waals surface area contributed by atoms with Gasteiger partial charge < -0.3 is 19.7 Å². The molecule has 34 heavy (non-hydrogen) atoms. The average Bonchev–Trinajstić information content (AvgIpc) is 3.08. The van der Waals surface area contributed by atoms with Gasteiger partial charge in [-0.1, -0.05) is 26.0 Å². The summed E-state index contributed by atoms with van der Waals surface area (Å²) in [4.78, 5) is 29.3. The number of nitrogens with zero attached hydrogens (tertiary/aromatic N) is 2. The molecule has 6 fully saturated rings.